The third-order valence-corrected chi connectivity index (χ3v) is 3.88. The van der Waals surface area contributed by atoms with Crippen molar-refractivity contribution in [1.82, 2.24) is 4.98 Å². The molecule has 92 valence electrons. The second-order valence-corrected chi connectivity index (χ2v) is 5.87. The van der Waals surface area contributed by atoms with Crippen LogP contribution < -0.4 is 14.8 Å². The van der Waals surface area contributed by atoms with Crippen molar-refractivity contribution in [2.24, 2.45) is 5.14 Å². The average Bonchev–Trinajstić information content (AvgIpc) is 3.10. The minimum absolute atomic E-state index is 0.0346. The van der Waals surface area contributed by atoms with Gasteiger partial charge in [-0.05, 0) is 18.9 Å². The van der Waals surface area contributed by atoms with E-state index in [1.807, 2.05) is 0 Å². The lowest BCUT2D eigenvalue weighted by Crippen LogP contribution is -2.35. The van der Waals surface area contributed by atoms with Gasteiger partial charge in [0.1, 0.15) is 17.2 Å². The maximum absolute atomic E-state index is 11.3. The second kappa shape index (κ2) is 3.58. The van der Waals surface area contributed by atoms with Crippen LogP contribution in [0.15, 0.2) is 17.2 Å². The molecule has 0 spiro atoms. The van der Waals surface area contributed by atoms with E-state index in [2.05, 4.69) is 9.88 Å². The number of fused-ring (bicyclic) bond motifs is 1. The molecule has 3 rings (SSSR count). The van der Waals surface area contributed by atoms with E-state index >= 15 is 0 Å². The van der Waals surface area contributed by atoms with Gasteiger partial charge in [-0.3, -0.25) is 0 Å². The summed E-state index contributed by atoms with van der Waals surface area (Å²) < 4.78 is 28.0. The highest BCUT2D eigenvalue weighted by molar-refractivity contribution is 7.89. The van der Waals surface area contributed by atoms with Gasteiger partial charge in [0.25, 0.3) is 0 Å². The SMILES string of the molecule is NS(=O)(=O)c1cnc2c(c1)N(C1CC1)CCO2. The smallest absolute Gasteiger partial charge is 0.239 e. The molecule has 7 heteroatoms. The molecule has 17 heavy (non-hydrogen) atoms. The van der Waals surface area contributed by atoms with E-state index in [0.29, 0.717) is 18.5 Å². The quantitative estimate of drug-likeness (QED) is 0.809. The minimum Gasteiger partial charge on any atom is -0.474 e. The third-order valence-electron chi connectivity index (χ3n) is 3.00. The Balaban J connectivity index is 2.07. The molecule has 1 aromatic rings. The molecule has 1 saturated carbocycles. The first kappa shape index (κ1) is 10.8. The Morgan fingerprint density at radius 1 is 1.47 bits per heavy atom. The van der Waals surface area contributed by atoms with Crippen LogP contribution in [0.3, 0.4) is 0 Å². The molecule has 1 aliphatic carbocycles. The lowest BCUT2D eigenvalue weighted by molar-refractivity contribution is 0.294. The van der Waals surface area contributed by atoms with E-state index in [-0.39, 0.29) is 4.90 Å². The van der Waals surface area contributed by atoms with Gasteiger partial charge >= 0.3 is 0 Å². The lowest BCUT2D eigenvalue weighted by atomic mass is 10.3. The van der Waals surface area contributed by atoms with Gasteiger partial charge in [-0.2, -0.15) is 0 Å². The first-order chi connectivity index (χ1) is 8.05. The fourth-order valence-corrected chi connectivity index (χ4v) is 2.50. The van der Waals surface area contributed by atoms with Crippen molar-refractivity contribution in [3.63, 3.8) is 0 Å². The van der Waals surface area contributed by atoms with Crippen molar-refractivity contribution in [1.29, 1.82) is 0 Å². The summed E-state index contributed by atoms with van der Waals surface area (Å²) in [6.07, 6.45) is 3.52. The Morgan fingerprint density at radius 2 is 2.24 bits per heavy atom. The largest absolute Gasteiger partial charge is 0.474 e. The van der Waals surface area contributed by atoms with Crippen LogP contribution in [0.2, 0.25) is 0 Å². The Hall–Kier alpha value is -1.34. The molecule has 0 bridgehead atoms. The summed E-state index contributed by atoms with van der Waals surface area (Å²) in [5.41, 5.74) is 0.741. The van der Waals surface area contributed by atoms with Crippen LogP contribution in [-0.2, 0) is 10.0 Å². The van der Waals surface area contributed by atoms with Gasteiger partial charge in [-0.15, -0.1) is 0 Å². The Bertz CT molecular complexity index is 554. The highest BCUT2D eigenvalue weighted by atomic mass is 32.2. The number of aromatic nitrogens is 1. The van der Waals surface area contributed by atoms with Crippen molar-refractivity contribution >= 4 is 15.7 Å². The summed E-state index contributed by atoms with van der Waals surface area (Å²) in [5, 5.41) is 5.10. The topological polar surface area (TPSA) is 85.5 Å². The summed E-state index contributed by atoms with van der Waals surface area (Å²) in [7, 11) is -3.71. The summed E-state index contributed by atoms with van der Waals surface area (Å²) >= 11 is 0. The lowest BCUT2D eigenvalue weighted by Gasteiger charge is -2.30. The van der Waals surface area contributed by atoms with Crippen molar-refractivity contribution in [3.8, 4) is 5.88 Å². The van der Waals surface area contributed by atoms with E-state index in [1.165, 1.54) is 6.20 Å². The molecule has 0 radical (unpaired) electrons. The van der Waals surface area contributed by atoms with E-state index < -0.39 is 10.0 Å². The molecule has 1 aliphatic heterocycles. The molecule has 1 aromatic heterocycles. The molecule has 0 atom stereocenters. The van der Waals surface area contributed by atoms with Crippen molar-refractivity contribution in [2.45, 2.75) is 23.8 Å². The monoisotopic (exact) mass is 255 g/mol. The Labute approximate surface area is 99.4 Å². The van der Waals surface area contributed by atoms with Crippen LogP contribution in [-0.4, -0.2) is 32.6 Å². The number of rotatable bonds is 2. The summed E-state index contributed by atoms with van der Waals surface area (Å²) in [5.74, 6) is 0.496. The van der Waals surface area contributed by atoms with Crippen molar-refractivity contribution in [3.05, 3.63) is 12.3 Å². The minimum atomic E-state index is -3.71. The Morgan fingerprint density at radius 3 is 2.88 bits per heavy atom. The fraction of sp³-hybridized carbons (Fsp3) is 0.500. The zero-order chi connectivity index (χ0) is 12.0. The number of nitrogens with zero attached hydrogens (tertiary/aromatic N) is 2. The first-order valence-electron chi connectivity index (χ1n) is 5.48. The van der Waals surface area contributed by atoms with Crippen LogP contribution >= 0.6 is 0 Å². The second-order valence-electron chi connectivity index (χ2n) is 4.31. The highest BCUT2D eigenvalue weighted by Crippen LogP contribution is 2.38. The zero-order valence-corrected chi connectivity index (χ0v) is 9.98. The van der Waals surface area contributed by atoms with Gasteiger partial charge in [0, 0.05) is 6.04 Å². The number of hydrogen-bond donors (Lipinski definition) is 1. The van der Waals surface area contributed by atoms with E-state index in [9.17, 15) is 8.42 Å². The Kier molecular flexibility index (Phi) is 2.27. The maximum atomic E-state index is 11.3. The van der Waals surface area contributed by atoms with Gasteiger partial charge in [0.2, 0.25) is 15.9 Å². The van der Waals surface area contributed by atoms with Gasteiger partial charge in [0.15, 0.2) is 0 Å². The molecule has 2 N–H and O–H groups in total. The van der Waals surface area contributed by atoms with Gasteiger partial charge in [-0.25, -0.2) is 18.5 Å². The number of pyridine rings is 1. The van der Waals surface area contributed by atoms with Gasteiger partial charge in [0.05, 0.1) is 12.7 Å². The summed E-state index contributed by atoms with van der Waals surface area (Å²) in [6.45, 7) is 1.36. The normalized spacial score (nSPS) is 19.7. The van der Waals surface area contributed by atoms with Crippen molar-refractivity contribution < 1.29 is 13.2 Å². The van der Waals surface area contributed by atoms with Gasteiger partial charge < -0.3 is 9.64 Å². The molecule has 1 fully saturated rings. The number of anilines is 1. The van der Waals surface area contributed by atoms with Crippen LogP contribution in [0, 0.1) is 0 Å². The predicted octanol–water partition coefficient (Wildman–Crippen LogP) is 0.0902. The standard InChI is InChI=1S/C10H13N3O3S/c11-17(14,15)8-5-9-10(12-6-8)16-4-3-13(9)7-1-2-7/h5-7H,1-4H2,(H2,11,14,15). The molecule has 6 nitrogen and oxygen atoms in total. The molecule has 0 saturated heterocycles. The molecular weight excluding hydrogens is 242 g/mol. The summed E-state index contributed by atoms with van der Waals surface area (Å²) in [4.78, 5) is 6.21. The van der Waals surface area contributed by atoms with E-state index in [0.717, 1.165) is 25.1 Å². The van der Waals surface area contributed by atoms with Crippen LogP contribution in [0.4, 0.5) is 5.69 Å². The summed E-state index contributed by atoms with van der Waals surface area (Å²) in [6, 6.07) is 2.05. The van der Waals surface area contributed by atoms with E-state index in [1.54, 1.807) is 6.07 Å². The molecular formula is C10H13N3O3S. The van der Waals surface area contributed by atoms with Crippen LogP contribution in [0.1, 0.15) is 12.8 Å². The van der Waals surface area contributed by atoms with E-state index in [4.69, 9.17) is 9.88 Å². The van der Waals surface area contributed by atoms with Crippen molar-refractivity contribution in [2.75, 3.05) is 18.1 Å². The maximum Gasteiger partial charge on any atom is 0.239 e. The van der Waals surface area contributed by atoms with Gasteiger partial charge in [-0.1, -0.05) is 0 Å². The number of nitrogens with two attached hydrogens (primary N) is 1. The fourth-order valence-electron chi connectivity index (χ4n) is 2.02. The molecule has 2 aliphatic rings. The molecule has 0 unspecified atom stereocenters. The number of ether oxygens (including phenoxy) is 1. The zero-order valence-electron chi connectivity index (χ0n) is 9.17. The molecule has 0 aromatic carbocycles. The third kappa shape index (κ3) is 1.96. The number of hydrogen-bond acceptors (Lipinski definition) is 5. The average molecular weight is 255 g/mol. The highest BCUT2D eigenvalue weighted by Gasteiger charge is 2.33. The number of sulfonamides is 1. The van der Waals surface area contributed by atoms with Crippen LogP contribution in [0.5, 0.6) is 5.88 Å². The first-order valence-corrected chi connectivity index (χ1v) is 7.02. The predicted molar refractivity (Wildman–Crippen MR) is 61.5 cm³/mol. The number of primary sulfonamides is 1. The molecule has 2 heterocycles. The molecule has 0 amide bonds. The van der Waals surface area contributed by atoms with Crippen LogP contribution in [0.25, 0.3) is 0 Å².